The van der Waals surface area contributed by atoms with Crippen molar-refractivity contribution in [1.82, 2.24) is 19.8 Å². The van der Waals surface area contributed by atoms with E-state index in [4.69, 9.17) is 5.73 Å². The standard InChI is InChI=1S/C21H32N6O5/c1-4-6-11-26-16(22)15(17(29)23-19(26)31)25(5-2)14(28)12-27-18(30)21(24-20(27)32)10-8-7-9-13(21)3/h13H,4-12,22H2,1-3H3,(H,24,32)(H,23,29,31). The number of nitrogens with zero attached hydrogens (tertiary/aromatic N) is 3. The van der Waals surface area contributed by atoms with Crippen LogP contribution >= 0.6 is 0 Å². The van der Waals surface area contributed by atoms with Crippen LogP contribution < -0.4 is 27.2 Å². The fourth-order valence-corrected chi connectivity index (χ4v) is 4.70. The van der Waals surface area contributed by atoms with E-state index in [-0.39, 0.29) is 24.0 Å². The van der Waals surface area contributed by atoms with Crippen molar-refractivity contribution in [3.63, 3.8) is 0 Å². The lowest BCUT2D eigenvalue weighted by Crippen LogP contribution is -2.54. The van der Waals surface area contributed by atoms with Crippen LogP contribution in [0.3, 0.4) is 0 Å². The van der Waals surface area contributed by atoms with Gasteiger partial charge in [0.25, 0.3) is 11.5 Å². The van der Waals surface area contributed by atoms with Crippen molar-refractivity contribution in [2.24, 2.45) is 5.92 Å². The molecule has 1 spiro atoms. The molecule has 2 unspecified atom stereocenters. The molecule has 11 nitrogen and oxygen atoms in total. The van der Waals surface area contributed by atoms with Gasteiger partial charge in [0.2, 0.25) is 5.91 Å². The Kier molecular flexibility index (Phi) is 6.75. The molecular weight excluding hydrogens is 416 g/mol. The average Bonchev–Trinajstić information content (AvgIpc) is 2.97. The molecule has 1 aliphatic heterocycles. The van der Waals surface area contributed by atoms with E-state index < -0.39 is 41.2 Å². The lowest BCUT2D eigenvalue weighted by molar-refractivity contribution is -0.136. The third kappa shape index (κ3) is 3.91. The molecule has 3 rings (SSSR count). The molecule has 0 aromatic carbocycles. The van der Waals surface area contributed by atoms with Crippen molar-refractivity contribution < 1.29 is 14.4 Å². The highest BCUT2D eigenvalue weighted by Gasteiger charge is 2.55. The Morgan fingerprint density at radius 2 is 1.94 bits per heavy atom. The summed E-state index contributed by atoms with van der Waals surface area (Å²) in [5.41, 5.74) is 3.56. The molecule has 1 saturated heterocycles. The van der Waals surface area contributed by atoms with E-state index in [9.17, 15) is 24.0 Å². The topological polar surface area (TPSA) is 151 Å². The summed E-state index contributed by atoms with van der Waals surface area (Å²) in [6.07, 6.45) is 4.65. The minimum Gasteiger partial charge on any atom is -0.383 e. The van der Waals surface area contributed by atoms with E-state index in [1.54, 1.807) is 6.92 Å². The third-order valence-electron chi connectivity index (χ3n) is 6.63. The summed E-state index contributed by atoms with van der Waals surface area (Å²) in [5, 5.41) is 2.81. The summed E-state index contributed by atoms with van der Waals surface area (Å²) in [7, 11) is 0. The summed E-state index contributed by atoms with van der Waals surface area (Å²) in [6.45, 7) is 5.39. The summed E-state index contributed by atoms with van der Waals surface area (Å²) < 4.78 is 1.22. The third-order valence-corrected chi connectivity index (χ3v) is 6.63. The molecule has 1 aliphatic carbocycles. The largest absolute Gasteiger partial charge is 0.383 e. The van der Waals surface area contributed by atoms with Crippen LogP contribution in [0.15, 0.2) is 9.59 Å². The van der Waals surface area contributed by atoms with Gasteiger partial charge in [0.05, 0.1) is 0 Å². The van der Waals surface area contributed by atoms with Crippen LogP contribution in [0.4, 0.5) is 16.3 Å². The fraction of sp³-hybridized carbons (Fsp3) is 0.667. The fourth-order valence-electron chi connectivity index (χ4n) is 4.70. The molecular formula is C21H32N6O5. The maximum atomic E-state index is 13.2. The Balaban J connectivity index is 1.89. The van der Waals surface area contributed by atoms with Gasteiger partial charge in [-0.3, -0.25) is 28.8 Å². The van der Waals surface area contributed by atoms with E-state index in [2.05, 4.69) is 10.3 Å². The van der Waals surface area contributed by atoms with Crippen LogP contribution in [0.2, 0.25) is 0 Å². The van der Waals surface area contributed by atoms with Crippen LogP contribution in [0.25, 0.3) is 0 Å². The number of carbonyl (C=O) groups excluding carboxylic acids is 3. The normalized spacial score (nSPS) is 23.0. The van der Waals surface area contributed by atoms with Gasteiger partial charge in [-0.25, -0.2) is 9.59 Å². The maximum absolute atomic E-state index is 13.2. The van der Waals surface area contributed by atoms with Crippen molar-refractivity contribution in [3.8, 4) is 0 Å². The van der Waals surface area contributed by atoms with Gasteiger partial charge in [-0.05, 0) is 32.1 Å². The molecule has 1 saturated carbocycles. The van der Waals surface area contributed by atoms with Crippen molar-refractivity contribution in [3.05, 3.63) is 20.8 Å². The Morgan fingerprint density at radius 3 is 2.56 bits per heavy atom. The monoisotopic (exact) mass is 448 g/mol. The summed E-state index contributed by atoms with van der Waals surface area (Å²) in [6, 6.07) is -0.608. The first-order valence-electron chi connectivity index (χ1n) is 11.2. The highest BCUT2D eigenvalue weighted by atomic mass is 16.2. The minimum atomic E-state index is -0.976. The summed E-state index contributed by atoms with van der Waals surface area (Å²) in [5.74, 6) is -1.18. The van der Waals surface area contributed by atoms with Gasteiger partial charge >= 0.3 is 11.7 Å². The number of hydrogen-bond donors (Lipinski definition) is 3. The molecule has 2 aliphatic rings. The number of aromatic amines is 1. The Morgan fingerprint density at radius 1 is 1.22 bits per heavy atom. The van der Waals surface area contributed by atoms with Crippen molar-refractivity contribution in [2.75, 3.05) is 23.7 Å². The van der Waals surface area contributed by atoms with Gasteiger partial charge in [0.1, 0.15) is 17.9 Å². The molecule has 32 heavy (non-hydrogen) atoms. The molecule has 2 fully saturated rings. The number of nitrogens with one attached hydrogen (secondary N) is 2. The van der Waals surface area contributed by atoms with Crippen LogP contribution in [-0.4, -0.2) is 50.9 Å². The molecule has 0 bridgehead atoms. The number of anilines is 2. The van der Waals surface area contributed by atoms with Gasteiger partial charge in [-0.1, -0.05) is 33.1 Å². The van der Waals surface area contributed by atoms with E-state index in [1.807, 2.05) is 13.8 Å². The second-order valence-corrected chi connectivity index (χ2v) is 8.58. The number of aromatic nitrogens is 2. The summed E-state index contributed by atoms with van der Waals surface area (Å²) >= 11 is 0. The van der Waals surface area contributed by atoms with E-state index in [1.165, 1.54) is 4.57 Å². The van der Waals surface area contributed by atoms with Crippen molar-refractivity contribution in [2.45, 2.75) is 71.4 Å². The average molecular weight is 449 g/mol. The Labute approximate surface area is 185 Å². The maximum Gasteiger partial charge on any atom is 0.330 e. The molecule has 4 amide bonds. The van der Waals surface area contributed by atoms with Gasteiger partial charge in [-0.15, -0.1) is 0 Å². The number of H-pyrrole nitrogens is 1. The number of hydrogen-bond acceptors (Lipinski definition) is 6. The van der Waals surface area contributed by atoms with Crippen molar-refractivity contribution in [1.29, 1.82) is 0 Å². The number of carbonyl (C=O) groups is 3. The lowest BCUT2D eigenvalue weighted by atomic mass is 9.73. The zero-order chi connectivity index (χ0) is 23.6. The molecule has 11 heteroatoms. The number of amides is 4. The summed E-state index contributed by atoms with van der Waals surface area (Å²) in [4.78, 5) is 67.9. The highest BCUT2D eigenvalue weighted by molar-refractivity contribution is 6.10. The van der Waals surface area contributed by atoms with Gasteiger partial charge in [0, 0.05) is 13.1 Å². The first-order chi connectivity index (χ1) is 15.2. The lowest BCUT2D eigenvalue weighted by Gasteiger charge is -2.36. The van der Waals surface area contributed by atoms with Crippen LogP contribution in [0.5, 0.6) is 0 Å². The van der Waals surface area contributed by atoms with Crippen molar-refractivity contribution >= 4 is 29.4 Å². The number of urea groups is 1. The molecule has 176 valence electrons. The number of imide groups is 1. The minimum absolute atomic E-state index is 0.0318. The SMILES string of the molecule is CCCCn1c(N)c(N(CC)C(=O)CN2C(=O)NC3(CCCCC3C)C2=O)c(=O)[nH]c1=O. The van der Waals surface area contributed by atoms with Crippen LogP contribution in [0, 0.1) is 5.92 Å². The van der Waals surface area contributed by atoms with E-state index >= 15 is 0 Å². The number of nitrogens with two attached hydrogens (primary N) is 1. The molecule has 4 N–H and O–H groups in total. The molecule has 2 atom stereocenters. The predicted molar refractivity (Wildman–Crippen MR) is 119 cm³/mol. The second-order valence-electron chi connectivity index (χ2n) is 8.58. The van der Waals surface area contributed by atoms with Gasteiger partial charge in [-0.2, -0.15) is 0 Å². The first kappa shape index (κ1) is 23.6. The number of rotatable bonds is 7. The molecule has 1 aromatic rings. The van der Waals surface area contributed by atoms with E-state index in [0.29, 0.717) is 19.4 Å². The number of nitrogen functional groups attached to an aromatic ring is 1. The quantitative estimate of drug-likeness (QED) is 0.524. The smallest absolute Gasteiger partial charge is 0.330 e. The molecule has 0 radical (unpaired) electrons. The van der Waals surface area contributed by atoms with Crippen LogP contribution in [0.1, 0.15) is 59.3 Å². The Bertz CT molecular complexity index is 1030. The zero-order valence-corrected chi connectivity index (χ0v) is 18.9. The second kappa shape index (κ2) is 9.17. The molecule has 1 aromatic heterocycles. The number of unbranched alkanes of at least 4 members (excludes halogenated alkanes) is 1. The Hall–Kier alpha value is -3.11. The highest BCUT2D eigenvalue weighted by Crippen LogP contribution is 2.38. The van der Waals surface area contributed by atoms with Crippen LogP contribution in [-0.2, 0) is 16.1 Å². The predicted octanol–water partition coefficient (Wildman–Crippen LogP) is 0.773. The van der Waals surface area contributed by atoms with Gasteiger partial charge < -0.3 is 16.0 Å². The van der Waals surface area contributed by atoms with E-state index in [0.717, 1.165) is 35.5 Å². The zero-order valence-electron chi connectivity index (χ0n) is 18.9. The first-order valence-corrected chi connectivity index (χ1v) is 11.2. The molecule has 2 heterocycles. The number of likely N-dealkylation sites (N-methyl/N-ethyl adjacent to an activating group) is 1. The van der Waals surface area contributed by atoms with Gasteiger partial charge in [0.15, 0.2) is 5.69 Å².